The number of nitrogens with zero attached hydrogens (tertiary/aromatic N) is 3. The average Bonchev–Trinajstić information content (AvgIpc) is 2.93. The average molecular weight is 316 g/mol. The zero-order valence-electron chi connectivity index (χ0n) is 12.0. The maximum atomic E-state index is 11.5. The highest BCUT2D eigenvalue weighted by Gasteiger charge is 2.11. The van der Waals surface area contributed by atoms with Gasteiger partial charge in [0.15, 0.2) is 5.65 Å². The summed E-state index contributed by atoms with van der Waals surface area (Å²) < 4.78 is 6.79. The Morgan fingerprint density at radius 3 is 2.95 bits per heavy atom. The molecule has 2 heterocycles. The van der Waals surface area contributed by atoms with Gasteiger partial charge in [-0.1, -0.05) is 17.7 Å². The Balaban J connectivity index is 1.93. The molecule has 112 valence electrons. The summed E-state index contributed by atoms with van der Waals surface area (Å²) in [7, 11) is 0. The molecule has 0 saturated heterocycles. The van der Waals surface area contributed by atoms with Crippen molar-refractivity contribution in [1.82, 2.24) is 14.5 Å². The van der Waals surface area contributed by atoms with E-state index in [2.05, 4.69) is 9.97 Å². The number of esters is 1. The molecule has 0 fully saturated rings. The van der Waals surface area contributed by atoms with E-state index in [-0.39, 0.29) is 12.4 Å². The Morgan fingerprint density at radius 1 is 1.32 bits per heavy atom. The molecule has 0 aliphatic rings. The Hall–Kier alpha value is -2.40. The van der Waals surface area contributed by atoms with Crippen LogP contribution in [0.25, 0.3) is 16.9 Å². The molecule has 6 heteroatoms. The maximum absolute atomic E-state index is 11.5. The van der Waals surface area contributed by atoms with Gasteiger partial charge in [0, 0.05) is 11.2 Å². The van der Waals surface area contributed by atoms with Crippen LogP contribution in [-0.2, 0) is 16.0 Å². The van der Waals surface area contributed by atoms with Gasteiger partial charge in [0.1, 0.15) is 11.8 Å². The number of ether oxygens (including phenoxy) is 1. The molecule has 0 bridgehead atoms. The number of halogens is 1. The number of carbonyl (C=O) groups excluding carboxylic acids is 1. The summed E-state index contributed by atoms with van der Waals surface area (Å²) in [4.78, 5) is 20.2. The number of hydrogen-bond donors (Lipinski definition) is 0. The molecule has 0 atom stereocenters. The van der Waals surface area contributed by atoms with Crippen LogP contribution in [0.3, 0.4) is 0 Å². The third-order valence-electron chi connectivity index (χ3n) is 3.26. The molecule has 2 aromatic heterocycles. The molecule has 22 heavy (non-hydrogen) atoms. The first-order chi connectivity index (χ1) is 10.7. The van der Waals surface area contributed by atoms with Gasteiger partial charge in [0.2, 0.25) is 0 Å². The van der Waals surface area contributed by atoms with Gasteiger partial charge in [-0.2, -0.15) is 0 Å². The molecule has 0 unspecified atom stereocenters. The fraction of sp³-hybridized carbons (Fsp3) is 0.188. The minimum Gasteiger partial charge on any atom is -0.466 e. The number of aromatic nitrogens is 3. The van der Waals surface area contributed by atoms with Crippen molar-refractivity contribution in [1.29, 1.82) is 0 Å². The van der Waals surface area contributed by atoms with Crippen LogP contribution in [0, 0.1) is 0 Å². The lowest BCUT2D eigenvalue weighted by Crippen LogP contribution is -2.08. The molecule has 3 rings (SSSR count). The lowest BCUT2D eigenvalue weighted by molar-refractivity contribution is -0.142. The second-order valence-corrected chi connectivity index (χ2v) is 5.13. The number of imidazole rings is 1. The van der Waals surface area contributed by atoms with Gasteiger partial charge < -0.3 is 4.74 Å². The van der Waals surface area contributed by atoms with E-state index in [9.17, 15) is 4.79 Å². The topological polar surface area (TPSA) is 57.0 Å². The van der Waals surface area contributed by atoms with Gasteiger partial charge in [-0.05, 0) is 36.8 Å². The second kappa shape index (κ2) is 6.15. The van der Waals surface area contributed by atoms with Crippen LogP contribution in [0.4, 0.5) is 0 Å². The van der Waals surface area contributed by atoms with Gasteiger partial charge in [-0.25, -0.2) is 9.97 Å². The van der Waals surface area contributed by atoms with Gasteiger partial charge in [0.05, 0.1) is 18.7 Å². The quantitative estimate of drug-likeness (QED) is 0.694. The number of fused-ring (bicyclic) bond motifs is 1. The Labute approximate surface area is 132 Å². The van der Waals surface area contributed by atoms with Crippen LogP contribution in [0.15, 0.2) is 42.9 Å². The van der Waals surface area contributed by atoms with Gasteiger partial charge >= 0.3 is 5.97 Å². The zero-order valence-corrected chi connectivity index (χ0v) is 12.7. The Morgan fingerprint density at radius 2 is 2.18 bits per heavy atom. The van der Waals surface area contributed by atoms with E-state index in [4.69, 9.17) is 16.3 Å². The molecule has 3 aromatic rings. The SMILES string of the molecule is CCOC(=O)Cc1ccc(-n2cnc3cccnc32)cc1Cl. The summed E-state index contributed by atoms with van der Waals surface area (Å²) in [6, 6.07) is 9.25. The summed E-state index contributed by atoms with van der Waals surface area (Å²) in [5, 5.41) is 0.517. The number of benzene rings is 1. The van der Waals surface area contributed by atoms with E-state index >= 15 is 0 Å². The fourth-order valence-electron chi connectivity index (χ4n) is 2.24. The summed E-state index contributed by atoms with van der Waals surface area (Å²) in [5.41, 5.74) is 3.16. The third-order valence-corrected chi connectivity index (χ3v) is 3.61. The Kier molecular flexibility index (Phi) is 4.06. The van der Waals surface area contributed by atoms with E-state index < -0.39 is 0 Å². The van der Waals surface area contributed by atoms with Crippen molar-refractivity contribution >= 4 is 28.7 Å². The number of hydrogen-bond acceptors (Lipinski definition) is 4. The van der Waals surface area contributed by atoms with Crippen molar-refractivity contribution in [3.05, 3.63) is 53.4 Å². The third kappa shape index (κ3) is 2.80. The van der Waals surface area contributed by atoms with Crippen molar-refractivity contribution in [2.24, 2.45) is 0 Å². The first-order valence-electron chi connectivity index (χ1n) is 6.91. The molecule has 0 amide bonds. The standard InChI is InChI=1S/C16H14ClN3O2/c1-2-22-15(21)8-11-5-6-12(9-13(11)17)20-10-19-14-4-3-7-18-16(14)20/h3-7,9-10H,2,8H2,1H3. The normalized spacial score (nSPS) is 10.8. The summed E-state index contributed by atoms with van der Waals surface area (Å²) in [6.45, 7) is 2.14. The molecule has 0 N–H and O–H groups in total. The van der Waals surface area contributed by atoms with E-state index in [1.165, 1.54) is 0 Å². The molecule has 0 aliphatic heterocycles. The van der Waals surface area contributed by atoms with Crippen LogP contribution in [0.5, 0.6) is 0 Å². The first kappa shape index (κ1) is 14.5. The maximum Gasteiger partial charge on any atom is 0.310 e. The van der Waals surface area contributed by atoms with Gasteiger partial charge in [0.25, 0.3) is 0 Å². The van der Waals surface area contributed by atoms with Crippen LogP contribution >= 0.6 is 11.6 Å². The van der Waals surface area contributed by atoms with Gasteiger partial charge in [-0.3, -0.25) is 9.36 Å². The monoisotopic (exact) mass is 315 g/mol. The minimum absolute atomic E-state index is 0.163. The van der Waals surface area contributed by atoms with Crippen molar-refractivity contribution in [3.8, 4) is 5.69 Å². The van der Waals surface area contributed by atoms with E-state index in [1.54, 1.807) is 25.5 Å². The Bertz CT molecular complexity index is 829. The summed E-state index contributed by atoms with van der Waals surface area (Å²) >= 11 is 6.28. The molecule has 0 spiro atoms. The molecule has 0 radical (unpaired) electrons. The molecule has 0 aliphatic carbocycles. The number of pyridine rings is 1. The highest BCUT2D eigenvalue weighted by Crippen LogP contribution is 2.23. The largest absolute Gasteiger partial charge is 0.466 e. The van der Waals surface area contributed by atoms with Crippen molar-refractivity contribution in [2.45, 2.75) is 13.3 Å². The minimum atomic E-state index is -0.285. The van der Waals surface area contributed by atoms with Crippen LogP contribution < -0.4 is 0 Å². The van der Waals surface area contributed by atoms with Crippen molar-refractivity contribution < 1.29 is 9.53 Å². The van der Waals surface area contributed by atoms with E-state index in [0.29, 0.717) is 11.6 Å². The smallest absolute Gasteiger partial charge is 0.310 e. The first-order valence-corrected chi connectivity index (χ1v) is 7.29. The second-order valence-electron chi connectivity index (χ2n) is 4.72. The van der Waals surface area contributed by atoms with Crippen LogP contribution in [0.2, 0.25) is 5.02 Å². The molecule has 0 saturated carbocycles. The van der Waals surface area contributed by atoms with Crippen molar-refractivity contribution in [2.75, 3.05) is 6.61 Å². The zero-order chi connectivity index (χ0) is 15.5. The summed E-state index contributed by atoms with van der Waals surface area (Å²) in [5.74, 6) is -0.285. The summed E-state index contributed by atoms with van der Waals surface area (Å²) in [6.07, 6.45) is 3.58. The number of carbonyl (C=O) groups is 1. The van der Waals surface area contributed by atoms with E-state index in [0.717, 1.165) is 22.4 Å². The lowest BCUT2D eigenvalue weighted by atomic mass is 10.1. The number of rotatable bonds is 4. The fourth-order valence-corrected chi connectivity index (χ4v) is 2.48. The highest BCUT2D eigenvalue weighted by atomic mass is 35.5. The molecular weight excluding hydrogens is 302 g/mol. The lowest BCUT2D eigenvalue weighted by Gasteiger charge is -2.08. The predicted molar refractivity (Wildman–Crippen MR) is 84.2 cm³/mol. The van der Waals surface area contributed by atoms with Crippen LogP contribution in [-0.4, -0.2) is 27.1 Å². The predicted octanol–water partition coefficient (Wildman–Crippen LogP) is 3.18. The van der Waals surface area contributed by atoms with Gasteiger partial charge in [-0.15, -0.1) is 0 Å². The molecular formula is C16H14ClN3O2. The van der Waals surface area contributed by atoms with Crippen molar-refractivity contribution in [3.63, 3.8) is 0 Å². The molecule has 1 aromatic carbocycles. The van der Waals surface area contributed by atoms with E-state index in [1.807, 2.05) is 28.8 Å². The van der Waals surface area contributed by atoms with Crippen LogP contribution in [0.1, 0.15) is 12.5 Å². The highest BCUT2D eigenvalue weighted by molar-refractivity contribution is 6.31. The molecule has 5 nitrogen and oxygen atoms in total.